The molecule has 0 aliphatic heterocycles. The van der Waals surface area contributed by atoms with Gasteiger partial charge in [0.05, 0.1) is 11.4 Å². The predicted octanol–water partition coefficient (Wildman–Crippen LogP) is 6.44. The van der Waals surface area contributed by atoms with E-state index in [2.05, 4.69) is 10.3 Å². The number of halogens is 2. The maximum Gasteiger partial charge on any atom is 0.172 e. The smallest absolute Gasteiger partial charge is 0.172 e. The predicted molar refractivity (Wildman–Crippen MR) is 105 cm³/mol. The van der Waals surface area contributed by atoms with Crippen molar-refractivity contribution in [3.63, 3.8) is 0 Å². The number of rotatable bonds is 4. The lowest BCUT2D eigenvalue weighted by Crippen LogP contribution is -2.00. The molecule has 0 aliphatic rings. The van der Waals surface area contributed by atoms with E-state index in [1.165, 1.54) is 12.1 Å². The van der Waals surface area contributed by atoms with Gasteiger partial charge in [-0.3, -0.25) is 0 Å². The lowest BCUT2D eigenvalue weighted by molar-refractivity contribution is 0.627. The highest BCUT2D eigenvalue weighted by molar-refractivity contribution is 5.75. The third kappa shape index (κ3) is 3.70. The average molecular weight is 358 g/mol. The highest BCUT2D eigenvalue weighted by Crippen LogP contribution is 2.32. The van der Waals surface area contributed by atoms with Crippen molar-refractivity contribution >= 4 is 11.4 Å². The van der Waals surface area contributed by atoms with E-state index in [9.17, 15) is 4.39 Å². The maximum absolute atomic E-state index is 15.2. The molecule has 1 heterocycles. The minimum absolute atomic E-state index is 0.246. The molecule has 0 spiro atoms. The molecule has 2 nitrogen and oxygen atoms in total. The van der Waals surface area contributed by atoms with Crippen LogP contribution in [0.2, 0.25) is 0 Å². The van der Waals surface area contributed by atoms with Crippen molar-refractivity contribution in [3.8, 4) is 22.5 Å². The Morgan fingerprint density at radius 3 is 1.96 bits per heavy atom. The Bertz CT molecular complexity index is 1050. The number of nitrogens with one attached hydrogen (secondary N) is 1. The summed E-state index contributed by atoms with van der Waals surface area (Å²) < 4.78 is 28.5. The SMILES string of the molecule is Fc1ccc(-c2cc(Nc3ccccc3)c(F)c(-c3ccccc3)n2)cc1. The third-order valence-corrected chi connectivity index (χ3v) is 4.20. The van der Waals surface area contributed by atoms with E-state index in [0.29, 0.717) is 22.5 Å². The van der Waals surface area contributed by atoms with Crippen LogP contribution in [0.3, 0.4) is 0 Å². The Morgan fingerprint density at radius 1 is 0.667 bits per heavy atom. The first-order valence-electron chi connectivity index (χ1n) is 8.55. The van der Waals surface area contributed by atoms with Crippen LogP contribution in [0, 0.1) is 11.6 Å². The molecule has 1 N–H and O–H groups in total. The van der Waals surface area contributed by atoms with Gasteiger partial charge in [-0.15, -0.1) is 0 Å². The summed E-state index contributed by atoms with van der Waals surface area (Å²) in [5.74, 6) is -0.761. The summed E-state index contributed by atoms with van der Waals surface area (Å²) in [5, 5.41) is 3.11. The molecule has 0 saturated carbocycles. The fraction of sp³-hybridized carbons (Fsp3) is 0. The molecule has 4 rings (SSSR count). The third-order valence-electron chi connectivity index (χ3n) is 4.20. The van der Waals surface area contributed by atoms with Gasteiger partial charge in [-0.1, -0.05) is 48.5 Å². The number of para-hydroxylation sites is 1. The summed E-state index contributed by atoms with van der Waals surface area (Å²) >= 11 is 0. The zero-order chi connectivity index (χ0) is 18.6. The highest BCUT2D eigenvalue weighted by atomic mass is 19.1. The molecule has 132 valence electrons. The van der Waals surface area contributed by atoms with Crippen LogP contribution in [0.1, 0.15) is 0 Å². The van der Waals surface area contributed by atoms with Gasteiger partial charge in [0.1, 0.15) is 11.5 Å². The minimum atomic E-state index is -0.434. The van der Waals surface area contributed by atoms with Crippen LogP contribution in [0.15, 0.2) is 91.0 Å². The van der Waals surface area contributed by atoms with Crippen LogP contribution in [0.4, 0.5) is 20.2 Å². The summed E-state index contributed by atoms with van der Waals surface area (Å²) in [6.07, 6.45) is 0. The van der Waals surface area contributed by atoms with Crippen LogP contribution in [-0.2, 0) is 0 Å². The van der Waals surface area contributed by atoms with E-state index in [1.807, 2.05) is 60.7 Å². The molecule has 0 atom stereocenters. The number of hydrogen-bond donors (Lipinski definition) is 1. The van der Waals surface area contributed by atoms with Crippen molar-refractivity contribution in [2.45, 2.75) is 0 Å². The van der Waals surface area contributed by atoms with Gasteiger partial charge in [-0.05, 0) is 42.5 Å². The van der Waals surface area contributed by atoms with Gasteiger partial charge in [-0.2, -0.15) is 0 Å². The lowest BCUT2D eigenvalue weighted by Gasteiger charge is -2.13. The second-order valence-electron chi connectivity index (χ2n) is 6.08. The van der Waals surface area contributed by atoms with Gasteiger partial charge < -0.3 is 5.32 Å². The van der Waals surface area contributed by atoms with E-state index < -0.39 is 5.82 Å². The molecule has 0 bridgehead atoms. The summed E-state index contributed by atoms with van der Waals surface area (Å²) in [6.45, 7) is 0. The zero-order valence-corrected chi connectivity index (χ0v) is 14.4. The highest BCUT2D eigenvalue weighted by Gasteiger charge is 2.15. The van der Waals surface area contributed by atoms with Crippen molar-refractivity contribution in [1.29, 1.82) is 0 Å². The Kier molecular flexibility index (Phi) is 4.62. The second-order valence-corrected chi connectivity index (χ2v) is 6.08. The molecule has 0 amide bonds. The fourth-order valence-corrected chi connectivity index (χ4v) is 2.85. The largest absolute Gasteiger partial charge is 0.353 e. The minimum Gasteiger partial charge on any atom is -0.353 e. The van der Waals surface area contributed by atoms with Crippen LogP contribution < -0.4 is 5.32 Å². The molecule has 27 heavy (non-hydrogen) atoms. The van der Waals surface area contributed by atoms with Gasteiger partial charge in [-0.25, -0.2) is 13.8 Å². The lowest BCUT2D eigenvalue weighted by atomic mass is 10.1. The molecular weight excluding hydrogens is 342 g/mol. The van der Waals surface area contributed by atoms with Crippen molar-refractivity contribution in [2.24, 2.45) is 0 Å². The van der Waals surface area contributed by atoms with Gasteiger partial charge >= 0.3 is 0 Å². The summed E-state index contributed by atoms with van der Waals surface area (Å²) in [7, 11) is 0. The Hall–Kier alpha value is -3.53. The van der Waals surface area contributed by atoms with Gasteiger partial charge in [0.15, 0.2) is 5.82 Å². The molecule has 0 radical (unpaired) electrons. The first-order chi connectivity index (χ1) is 13.2. The molecule has 3 aromatic carbocycles. The van der Waals surface area contributed by atoms with E-state index in [4.69, 9.17) is 0 Å². The van der Waals surface area contributed by atoms with Gasteiger partial charge in [0.2, 0.25) is 0 Å². The molecular formula is C23H16F2N2. The summed E-state index contributed by atoms with van der Waals surface area (Å²) in [5.41, 5.74) is 3.28. The number of anilines is 2. The normalized spacial score (nSPS) is 10.6. The van der Waals surface area contributed by atoms with Crippen molar-refractivity contribution in [2.75, 3.05) is 5.32 Å². The Morgan fingerprint density at radius 2 is 1.30 bits per heavy atom. The number of aromatic nitrogens is 1. The molecule has 0 fully saturated rings. The zero-order valence-electron chi connectivity index (χ0n) is 14.4. The number of hydrogen-bond acceptors (Lipinski definition) is 2. The van der Waals surface area contributed by atoms with Crippen molar-refractivity contribution in [1.82, 2.24) is 4.98 Å². The van der Waals surface area contributed by atoms with E-state index in [-0.39, 0.29) is 11.5 Å². The molecule has 0 unspecified atom stereocenters. The number of benzene rings is 3. The first kappa shape index (κ1) is 16.9. The monoisotopic (exact) mass is 358 g/mol. The van der Waals surface area contributed by atoms with Gasteiger partial charge in [0, 0.05) is 16.8 Å². The van der Waals surface area contributed by atoms with Crippen LogP contribution in [0.25, 0.3) is 22.5 Å². The van der Waals surface area contributed by atoms with Crippen molar-refractivity contribution in [3.05, 3.63) is 103 Å². The maximum atomic E-state index is 15.2. The summed E-state index contributed by atoms with van der Waals surface area (Å²) in [6, 6.07) is 26.2. The second kappa shape index (κ2) is 7.38. The topological polar surface area (TPSA) is 24.9 Å². The Balaban J connectivity index is 1.86. The quantitative estimate of drug-likeness (QED) is 0.454. The van der Waals surface area contributed by atoms with E-state index >= 15 is 4.39 Å². The average Bonchev–Trinajstić information content (AvgIpc) is 2.71. The Labute approximate surface area is 156 Å². The molecule has 0 saturated heterocycles. The van der Waals surface area contributed by atoms with E-state index in [0.717, 1.165) is 5.69 Å². The number of pyridine rings is 1. The number of nitrogens with zero attached hydrogens (tertiary/aromatic N) is 1. The van der Waals surface area contributed by atoms with Gasteiger partial charge in [0.25, 0.3) is 0 Å². The fourth-order valence-electron chi connectivity index (χ4n) is 2.85. The van der Waals surface area contributed by atoms with Crippen LogP contribution in [-0.4, -0.2) is 4.98 Å². The standard InChI is InChI=1S/C23H16F2N2/c24-18-13-11-16(12-14-18)20-15-21(26-19-9-5-2-6-10-19)22(25)23(27-20)17-7-3-1-4-8-17/h1-15H,(H,26,27). The first-order valence-corrected chi connectivity index (χ1v) is 8.55. The molecule has 4 aromatic rings. The molecule has 0 aliphatic carbocycles. The van der Waals surface area contributed by atoms with Crippen LogP contribution >= 0.6 is 0 Å². The summed E-state index contributed by atoms with van der Waals surface area (Å²) in [4.78, 5) is 4.51. The molecule has 4 heteroatoms. The molecule has 1 aromatic heterocycles. The van der Waals surface area contributed by atoms with Crippen molar-refractivity contribution < 1.29 is 8.78 Å². The van der Waals surface area contributed by atoms with E-state index in [1.54, 1.807) is 18.2 Å². The van der Waals surface area contributed by atoms with Crippen LogP contribution in [0.5, 0.6) is 0 Å².